The van der Waals surface area contributed by atoms with Crippen LogP contribution in [0.1, 0.15) is 11.1 Å². The molecule has 1 unspecified atom stereocenters. The van der Waals surface area contributed by atoms with Crippen molar-refractivity contribution in [2.75, 3.05) is 6.61 Å². The van der Waals surface area contributed by atoms with Gasteiger partial charge in [-0.15, -0.1) is 0 Å². The monoisotopic (exact) mass is 360 g/mol. The van der Waals surface area contributed by atoms with Crippen LogP contribution < -0.4 is 0 Å². The molecule has 1 aliphatic rings. The Kier molecular flexibility index (Phi) is 6.73. The highest BCUT2D eigenvalue weighted by Gasteiger charge is 2.44. The summed E-state index contributed by atoms with van der Waals surface area (Å²) in [4.78, 5) is 0. The van der Waals surface area contributed by atoms with E-state index in [-0.39, 0.29) is 13.2 Å². The molecule has 1 aliphatic heterocycles. The third kappa shape index (κ3) is 4.88. The lowest BCUT2D eigenvalue weighted by atomic mass is 9.99. The van der Waals surface area contributed by atoms with Crippen LogP contribution in [0.25, 0.3) is 0 Å². The standard InChI is InChI=1S/C20H24O6/c21-17-16(13-24-11-14-7-3-1-4-8-14)26-20(23)19(18(17)22)25-12-15-9-5-2-6-10-15/h1-10,16-23H,11-13H2/t16-,17-,18+,19-,20?/m1/s1. The molecule has 26 heavy (non-hydrogen) atoms. The zero-order valence-electron chi connectivity index (χ0n) is 14.3. The quantitative estimate of drug-likeness (QED) is 0.688. The minimum absolute atomic E-state index is 0.0512. The summed E-state index contributed by atoms with van der Waals surface area (Å²) in [5, 5.41) is 30.7. The summed E-state index contributed by atoms with van der Waals surface area (Å²) in [5.41, 5.74) is 1.89. The molecule has 2 aromatic carbocycles. The molecule has 1 saturated heterocycles. The van der Waals surface area contributed by atoms with E-state index >= 15 is 0 Å². The Balaban J connectivity index is 1.49. The first-order chi connectivity index (χ1) is 12.6. The van der Waals surface area contributed by atoms with Crippen molar-refractivity contribution >= 4 is 0 Å². The molecule has 0 bridgehead atoms. The molecule has 1 fully saturated rings. The van der Waals surface area contributed by atoms with Crippen LogP contribution >= 0.6 is 0 Å². The molecule has 3 N–H and O–H groups in total. The van der Waals surface area contributed by atoms with Gasteiger partial charge in [-0.25, -0.2) is 0 Å². The van der Waals surface area contributed by atoms with E-state index in [9.17, 15) is 15.3 Å². The molecule has 140 valence electrons. The third-order valence-electron chi connectivity index (χ3n) is 4.34. The van der Waals surface area contributed by atoms with E-state index in [1.165, 1.54) is 0 Å². The molecule has 0 spiro atoms. The van der Waals surface area contributed by atoms with Crippen molar-refractivity contribution in [2.45, 2.75) is 43.9 Å². The summed E-state index contributed by atoms with van der Waals surface area (Å²) in [6, 6.07) is 19.0. The van der Waals surface area contributed by atoms with Gasteiger partial charge in [-0.1, -0.05) is 60.7 Å². The first-order valence-corrected chi connectivity index (χ1v) is 8.62. The Morgan fingerprint density at radius 3 is 1.96 bits per heavy atom. The molecule has 5 atom stereocenters. The van der Waals surface area contributed by atoms with Crippen LogP contribution in [0.15, 0.2) is 60.7 Å². The van der Waals surface area contributed by atoms with Crippen molar-refractivity contribution in [2.24, 2.45) is 0 Å². The van der Waals surface area contributed by atoms with E-state index in [0.29, 0.717) is 6.61 Å². The zero-order valence-corrected chi connectivity index (χ0v) is 14.3. The normalized spacial score (nSPS) is 28.8. The molecule has 0 saturated carbocycles. The highest BCUT2D eigenvalue weighted by molar-refractivity contribution is 5.14. The predicted molar refractivity (Wildman–Crippen MR) is 94.0 cm³/mol. The maximum atomic E-state index is 10.3. The van der Waals surface area contributed by atoms with E-state index in [4.69, 9.17) is 14.2 Å². The van der Waals surface area contributed by atoms with Crippen molar-refractivity contribution in [3.63, 3.8) is 0 Å². The van der Waals surface area contributed by atoms with Crippen molar-refractivity contribution < 1.29 is 29.5 Å². The van der Waals surface area contributed by atoms with Gasteiger partial charge in [0.05, 0.1) is 19.8 Å². The molecule has 6 nitrogen and oxygen atoms in total. The Bertz CT molecular complexity index is 648. The fourth-order valence-electron chi connectivity index (χ4n) is 2.87. The van der Waals surface area contributed by atoms with Crippen LogP contribution in [0, 0.1) is 0 Å². The van der Waals surface area contributed by atoms with Crippen LogP contribution in [-0.4, -0.2) is 52.6 Å². The minimum Gasteiger partial charge on any atom is -0.387 e. The summed E-state index contributed by atoms with van der Waals surface area (Å²) in [6.07, 6.45) is -5.69. The van der Waals surface area contributed by atoms with Gasteiger partial charge in [0, 0.05) is 0 Å². The molecule has 0 aliphatic carbocycles. The second kappa shape index (κ2) is 9.23. The first kappa shape index (κ1) is 19.0. The fraction of sp³-hybridized carbons (Fsp3) is 0.400. The maximum Gasteiger partial charge on any atom is 0.184 e. The maximum absolute atomic E-state index is 10.3. The topological polar surface area (TPSA) is 88.4 Å². The lowest BCUT2D eigenvalue weighted by Gasteiger charge is -2.40. The second-order valence-electron chi connectivity index (χ2n) is 6.31. The van der Waals surface area contributed by atoms with Gasteiger partial charge in [0.25, 0.3) is 0 Å². The molecule has 1 heterocycles. The molecular formula is C20H24O6. The Labute approximate surface area is 152 Å². The lowest BCUT2D eigenvalue weighted by Crippen LogP contribution is -2.59. The first-order valence-electron chi connectivity index (χ1n) is 8.62. The smallest absolute Gasteiger partial charge is 0.184 e. The number of benzene rings is 2. The molecule has 2 aromatic rings. The highest BCUT2D eigenvalue weighted by atomic mass is 16.7. The average molecular weight is 360 g/mol. The number of aliphatic hydroxyl groups excluding tert-OH is 3. The molecule has 0 aromatic heterocycles. The van der Waals surface area contributed by atoms with Gasteiger partial charge in [0.2, 0.25) is 0 Å². The number of aliphatic hydroxyl groups is 3. The largest absolute Gasteiger partial charge is 0.387 e. The van der Waals surface area contributed by atoms with Gasteiger partial charge in [-0.3, -0.25) is 0 Å². The molecule has 6 heteroatoms. The van der Waals surface area contributed by atoms with Crippen LogP contribution in [0.2, 0.25) is 0 Å². The number of hydrogen-bond acceptors (Lipinski definition) is 6. The number of rotatable bonds is 7. The molecule has 0 amide bonds. The molecular weight excluding hydrogens is 336 g/mol. The van der Waals surface area contributed by atoms with E-state index in [2.05, 4.69) is 0 Å². The van der Waals surface area contributed by atoms with E-state index < -0.39 is 30.7 Å². The SMILES string of the molecule is OC1O[C@H](COCc2ccccc2)[C@@H](O)[C@H](O)[C@H]1OCc1ccccc1. The van der Waals surface area contributed by atoms with Crippen molar-refractivity contribution in [1.29, 1.82) is 0 Å². The van der Waals surface area contributed by atoms with E-state index in [0.717, 1.165) is 11.1 Å². The van der Waals surface area contributed by atoms with Crippen molar-refractivity contribution in [3.05, 3.63) is 71.8 Å². The van der Waals surface area contributed by atoms with Crippen molar-refractivity contribution in [1.82, 2.24) is 0 Å². The zero-order chi connectivity index (χ0) is 18.4. The fourth-order valence-corrected chi connectivity index (χ4v) is 2.87. The van der Waals surface area contributed by atoms with Gasteiger partial charge in [0.15, 0.2) is 6.29 Å². The highest BCUT2D eigenvalue weighted by Crippen LogP contribution is 2.24. The average Bonchev–Trinajstić information content (AvgIpc) is 2.67. The van der Waals surface area contributed by atoms with E-state index in [1.54, 1.807) is 0 Å². The van der Waals surface area contributed by atoms with Gasteiger partial charge in [0.1, 0.15) is 24.4 Å². The summed E-state index contributed by atoms with van der Waals surface area (Å²) in [7, 11) is 0. The van der Waals surface area contributed by atoms with Crippen LogP contribution in [0.5, 0.6) is 0 Å². The minimum atomic E-state index is -1.34. The Morgan fingerprint density at radius 1 is 0.769 bits per heavy atom. The van der Waals surface area contributed by atoms with E-state index in [1.807, 2.05) is 60.7 Å². The Hall–Kier alpha value is -1.80. The molecule has 0 radical (unpaired) electrons. The summed E-state index contributed by atoms with van der Waals surface area (Å²) >= 11 is 0. The second-order valence-corrected chi connectivity index (χ2v) is 6.31. The van der Waals surface area contributed by atoms with Gasteiger partial charge < -0.3 is 29.5 Å². The summed E-state index contributed by atoms with van der Waals surface area (Å²) < 4.78 is 16.5. The lowest BCUT2D eigenvalue weighted by molar-refractivity contribution is -0.300. The molecule has 3 rings (SSSR count). The van der Waals surface area contributed by atoms with Gasteiger partial charge >= 0.3 is 0 Å². The van der Waals surface area contributed by atoms with Crippen LogP contribution in [0.4, 0.5) is 0 Å². The van der Waals surface area contributed by atoms with Crippen molar-refractivity contribution in [3.8, 4) is 0 Å². The summed E-state index contributed by atoms with van der Waals surface area (Å²) in [6.45, 7) is 0.605. The van der Waals surface area contributed by atoms with Crippen LogP contribution in [0.3, 0.4) is 0 Å². The van der Waals surface area contributed by atoms with Gasteiger partial charge in [-0.2, -0.15) is 0 Å². The summed E-state index contributed by atoms with van der Waals surface area (Å²) in [5.74, 6) is 0. The van der Waals surface area contributed by atoms with Crippen LogP contribution in [-0.2, 0) is 27.4 Å². The predicted octanol–water partition coefficient (Wildman–Crippen LogP) is 1.23. The Morgan fingerprint density at radius 2 is 1.35 bits per heavy atom. The number of ether oxygens (including phenoxy) is 3. The third-order valence-corrected chi connectivity index (χ3v) is 4.34. The van der Waals surface area contributed by atoms with Gasteiger partial charge in [-0.05, 0) is 11.1 Å². The number of hydrogen-bond donors (Lipinski definition) is 3.